The summed E-state index contributed by atoms with van der Waals surface area (Å²) in [6.07, 6.45) is 1.54. The summed E-state index contributed by atoms with van der Waals surface area (Å²) in [4.78, 5) is 16.1. The Kier molecular flexibility index (Phi) is 6.51. The van der Waals surface area contributed by atoms with Gasteiger partial charge < -0.3 is 24.1 Å². The fourth-order valence-corrected chi connectivity index (χ4v) is 4.45. The Morgan fingerprint density at radius 1 is 1.30 bits per heavy atom. The number of rotatable bonds is 6. The number of nitrogens with zero attached hydrogens (tertiary/aromatic N) is 3. The highest BCUT2D eigenvalue weighted by molar-refractivity contribution is 7.89. The highest BCUT2D eigenvalue weighted by atomic mass is 32.2. The number of carbonyl (C=O) groups excluding carboxylic acids is 1. The number of imidazole rings is 1. The molecule has 1 aliphatic rings. The molecule has 1 aromatic heterocycles. The molecule has 2 atom stereocenters. The molecule has 0 aliphatic carbocycles. The van der Waals surface area contributed by atoms with E-state index in [1.165, 1.54) is 31.0 Å². The predicted octanol–water partition coefficient (Wildman–Crippen LogP) is 0.553. The molecule has 0 aromatic carbocycles. The van der Waals surface area contributed by atoms with Crippen molar-refractivity contribution in [3.63, 3.8) is 0 Å². The standard InChI is InChI=1S/C16H28N4O6S/c1-16(2,3)26-15(21)18-12-8-20(7-11(12)14(24-5)25-6)27(22,23)13-9-19(4)10-17-13/h9-12,14H,7-8H2,1-6H3,(H,18,21)/t11-,12+/m1/s1. The average Bonchev–Trinajstić information content (AvgIpc) is 3.14. The molecule has 10 nitrogen and oxygen atoms in total. The normalized spacial score (nSPS) is 21.6. The van der Waals surface area contributed by atoms with Gasteiger partial charge in [-0.05, 0) is 20.8 Å². The lowest BCUT2D eigenvalue weighted by Gasteiger charge is -2.27. The van der Waals surface area contributed by atoms with Crippen molar-refractivity contribution in [1.29, 1.82) is 0 Å². The van der Waals surface area contributed by atoms with Crippen LogP contribution in [0.5, 0.6) is 0 Å². The Morgan fingerprint density at radius 3 is 2.41 bits per heavy atom. The summed E-state index contributed by atoms with van der Waals surface area (Å²) in [5.74, 6) is -0.411. The third-order valence-corrected chi connectivity index (χ3v) is 5.85. The molecule has 0 radical (unpaired) electrons. The maximum atomic E-state index is 12.9. The Balaban J connectivity index is 2.22. The van der Waals surface area contributed by atoms with Gasteiger partial charge in [-0.3, -0.25) is 0 Å². The van der Waals surface area contributed by atoms with Crippen molar-refractivity contribution in [1.82, 2.24) is 19.2 Å². The minimum atomic E-state index is -3.81. The molecule has 2 rings (SSSR count). The summed E-state index contributed by atoms with van der Waals surface area (Å²) in [5, 5.41) is 2.69. The van der Waals surface area contributed by atoms with Crippen LogP contribution in [0.15, 0.2) is 17.6 Å². The van der Waals surface area contributed by atoms with Crippen LogP contribution in [0, 0.1) is 5.92 Å². The highest BCUT2D eigenvalue weighted by Gasteiger charge is 2.45. The Hall–Kier alpha value is -1.69. The maximum Gasteiger partial charge on any atom is 0.407 e. The van der Waals surface area contributed by atoms with Gasteiger partial charge in [0.1, 0.15) is 5.60 Å². The van der Waals surface area contributed by atoms with E-state index >= 15 is 0 Å². The molecule has 2 heterocycles. The molecule has 1 N–H and O–H groups in total. The Morgan fingerprint density at radius 2 is 1.93 bits per heavy atom. The minimum Gasteiger partial charge on any atom is -0.444 e. The van der Waals surface area contributed by atoms with E-state index in [9.17, 15) is 13.2 Å². The molecule has 0 saturated carbocycles. The van der Waals surface area contributed by atoms with Crippen LogP contribution in [0.25, 0.3) is 0 Å². The zero-order chi connectivity index (χ0) is 20.4. The van der Waals surface area contributed by atoms with Crippen molar-refractivity contribution < 1.29 is 27.4 Å². The van der Waals surface area contributed by atoms with Crippen LogP contribution >= 0.6 is 0 Å². The number of carbonyl (C=O) groups is 1. The molecular weight excluding hydrogens is 376 g/mol. The molecule has 11 heteroatoms. The average molecular weight is 404 g/mol. The van der Waals surface area contributed by atoms with E-state index in [1.54, 1.807) is 32.4 Å². The quantitative estimate of drug-likeness (QED) is 0.689. The van der Waals surface area contributed by atoms with Crippen LogP contribution in [-0.4, -0.2) is 73.6 Å². The second-order valence-corrected chi connectivity index (χ2v) is 9.34. The van der Waals surface area contributed by atoms with E-state index < -0.39 is 40.0 Å². The largest absolute Gasteiger partial charge is 0.444 e. The van der Waals surface area contributed by atoms with Crippen molar-refractivity contribution >= 4 is 16.1 Å². The molecule has 1 amide bonds. The van der Waals surface area contributed by atoms with Crippen molar-refractivity contribution in [3.05, 3.63) is 12.5 Å². The number of aryl methyl sites for hydroxylation is 1. The first-order valence-corrected chi connectivity index (χ1v) is 9.95. The van der Waals surface area contributed by atoms with Gasteiger partial charge in [0.05, 0.1) is 12.4 Å². The molecule has 1 saturated heterocycles. The van der Waals surface area contributed by atoms with E-state index in [-0.39, 0.29) is 18.1 Å². The molecule has 1 aromatic rings. The van der Waals surface area contributed by atoms with Crippen LogP contribution < -0.4 is 5.32 Å². The summed E-state index contributed by atoms with van der Waals surface area (Å²) in [5.41, 5.74) is -0.667. The Labute approximate surface area is 159 Å². The first kappa shape index (κ1) is 21.6. The van der Waals surface area contributed by atoms with Crippen molar-refractivity contribution in [2.24, 2.45) is 13.0 Å². The van der Waals surface area contributed by atoms with Gasteiger partial charge in [-0.15, -0.1) is 0 Å². The molecule has 154 valence electrons. The monoisotopic (exact) mass is 404 g/mol. The van der Waals surface area contributed by atoms with Gasteiger partial charge in [-0.1, -0.05) is 0 Å². The zero-order valence-corrected chi connectivity index (χ0v) is 17.3. The van der Waals surface area contributed by atoms with Crippen LogP contribution in [0.2, 0.25) is 0 Å². The SMILES string of the molecule is COC(OC)[C@@H]1CN(S(=O)(=O)c2cn(C)cn2)C[C@@H]1NC(=O)OC(C)(C)C. The van der Waals surface area contributed by atoms with E-state index in [0.717, 1.165) is 0 Å². The molecule has 1 fully saturated rings. The number of hydrogen-bond donors (Lipinski definition) is 1. The number of alkyl carbamates (subject to hydrolysis) is 1. The molecular formula is C16H28N4O6S. The van der Waals surface area contributed by atoms with E-state index in [2.05, 4.69) is 10.3 Å². The summed E-state index contributed by atoms with van der Waals surface area (Å²) in [6.45, 7) is 5.44. The lowest BCUT2D eigenvalue weighted by atomic mass is 10.0. The van der Waals surface area contributed by atoms with Gasteiger partial charge in [-0.2, -0.15) is 4.31 Å². The fraction of sp³-hybridized carbons (Fsp3) is 0.750. The van der Waals surface area contributed by atoms with Gasteiger partial charge in [-0.25, -0.2) is 18.2 Å². The second kappa shape index (κ2) is 8.13. The summed E-state index contributed by atoms with van der Waals surface area (Å²) in [6, 6.07) is -0.539. The van der Waals surface area contributed by atoms with E-state index in [1.807, 2.05) is 0 Å². The fourth-order valence-electron chi connectivity index (χ4n) is 2.98. The van der Waals surface area contributed by atoms with Gasteiger partial charge in [0, 0.05) is 46.5 Å². The summed E-state index contributed by atoms with van der Waals surface area (Å²) >= 11 is 0. The smallest absolute Gasteiger partial charge is 0.407 e. The van der Waals surface area contributed by atoms with Crippen LogP contribution in [-0.2, 0) is 31.3 Å². The van der Waals surface area contributed by atoms with Crippen LogP contribution in [0.4, 0.5) is 4.79 Å². The number of hydrogen-bond acceptors (Lipinski definition) is 7. The van der Waals surface area contributed by atoms with Crippen LogP contribution in [0.3, 0.4) is 0 Å². The third kappa shape index (κ3) is 5.18. The summed E-state index contributed by atoms with van der Waals surface area (Å²) in [7, 11) is 0.819. The minimum absolute atomic E-state index is 0.0481. The van der Waals surface area contributed by atoms with Gasteiger partial charge in [0.2, 0.25) is 0 Å². The Bertz CT molecular complexity index is 753. The van der Waals surface area contributed by atoms with Crippen molar-refractivity contribution in [2.75, 3.05) is 27.3 Å². The number of nitrogens with one attached hydrogen (secondary N) is 1. The molecule has 0 bridgehead atoms. The lowest BCUT2D eigenvalue weighted by molar-refractivity contribution is -0.137. The molecule has 0 unspecified atom stereocenters. The number of sulfonamides is 1. The number of methoxy groups -OCH3 is 2. The first-order chi connectivity index (χ1) is 12.5. The molecule has 27 heavy (non-hydrogen) atoms. The topological polar surface area (TPSA) is 112 Å². The van der Waals surface area contributed by atoms with E-state index in [4.69, 9.17) is 14.2 Å². The molecule has 1 aliphatic heterocycles. The molecule has 0 spiro atoms. The number of amides is 1. The zero-order valence-electron chi connectivity index (χ0n) is 16.5. The van der Waals surface area contributed by atoms with Gasteiger partial charge >= 0.3 is 6.09 Å². The maximum absolute atomic E-state index is 12.9. The van der Waals surface area contributed by atoms with Crippen molar-refractivity contribution in [3.8, 4) is 0 Å². The highest BCUT2D eigenvalue weighted by Crippen LogP contribution is 2.28. The number of aromatic nitrogens is 2. The third-order valence-electron chi connectivity index (χ3n) is 4.13. The lowest BCUT2D eigenvalue weighted by Crippen LogP contribution is -2.47. The van der Waals surface area contributed by atoms with Gasteiger partial charge in [0.15, 0.2) is 11.3 Å². The van der Waals surface area contributed by atoms with Crippen LogP contribution in [0.1, 0.15) is 20.8 Å². The van der Waals surface area contributed by atoms with Gasteiger partial charge in [0.25, 0.3) is 10.0 Å². The predicted molar refractivity (Wildman–Crippen MR) is 96.4 cm³/mol. The first-order valence-electron chi connectivity index (χ1n) is 8.51. The number of ether oxygens (including phenoxy) is 3. The van der Waals surface area contributed by atoms with E-state index in [0.29, 0.717) is 0 Å². The summed E-state index contributed by atoms with van der Waals surface area (Å²) < 4.78 is 44.5. The second-order valence-electron chi connectivity index (χ2n) is 7.46. The van der Waals surface area contributed by atoms with Crippen molar-refractivity contribution in [2.45, 2.75) is 43.7 Å².